The van der Waals surface area contributed by atoms with E-state index in [0.29, 0.717) is 5.56 Å². The summed E-state index contributed by atoms with van der Waals surface area (Å²) in [7, 11) is 0. The van der Waals surface area contributed by atoms with Gasteiger partial charge in [-0.2, -0.15) is 5.26 Å². The summed E-state index contributed by atoms with van der Waals surface area (Å²) >= 11 is 0. The van der Waals surface area contributed by atoms with Gasteiger partial charge in [-0.15, -0.1) is 13.2 Å². The minimum absolute atomic E-state index is 0.647. The zero-order chi connectivity index (χ0) is 11.1. The summed E-state index contributed by atoms with van der Waals surface area (Å²) < 4.78 is 5.21. The van der Waals surface area contributed by atoms with Gasteiger partial charge < -0.3 is 4.42 Å². The van der Waals surface area contributed by atoms with Crippen molar-refractivity contribution in [3.8, 4) is 17.4 Å². The van der Waals surface area contributed by atoms with Crippen LogP contribution in [0.1, 0.15) is 5.56 Å². The Bertz CT molecular complexity index is 452. The Morgan fingerprint density at radius 3 is 2.53 bits per heavy atom. The predicted octanol–water partition coefficient (Wildman–Crippen LogP) is 3.62. The van der Waals surface area contributed by atoms with Gasteiger partial charge in [0.25, 0.3) is 0 Å². The molecule has 2 rings (SSSR count). The maximum absolute atomic E-state index is 8.68. The van der Waals surface area contributed by atoms with Crippen molar-refractivity contribution in [1.29, 1.82) is 5.26 Å². The quantitative estimate of drug-likeness (QED) is 0.654. The topological polar surface area (TPSA) is 36.9 Å². The van der Waals surface area contributed by atoms with Gasteiger partial charge in [0.15, 0.2) is 0 Å². The van der Waals surface area contributed by atoms with Gasteiger partial charge in [0.2, 0.25) is 0 Å². The molecule has 1 aromatic heterocycles. The van der Waals surface area contributed by atoms with Crippen molar-refractivity contribution < 1.29 is 4.42 Å². The molecule has 0 aliphatic heterocycles. The number of hydrogen-bond donors (Lipinski definition) is 0. The van der Waals surface area contributed by atoms with Gasteiger partial charge in [-0.05, 0) is 24.3 Å². The molecule has 1 heterocycles. The van der Waals surface area contributed by atoms with Crippen LogP contribution in [0, 0.1) is 11.3 Å². The lowest BCUT2D eigenvalue weighted by Gasteiger charge is -1.95. The Balaban J connectivity index is 0.000000531. The van der Waals surface area contributed by atoms with Crippen LogP contribution in [0.25, 0.3) is 11.3 Å². The first-order chi connectivity index (χ1) is 7.40. The van der Waals surface area contributed by atoms with Crippen molar-refractivity contribution in [2.75, 3.05) is 0 Å². The van der Waals surface area contributed by atoms with Crippen molar-refractivity contribution in [3.63, 3.8) is 0 Å². The highest BCUT2D eigenvalue weighted by Gasteiger charge is 2.00. The summed E-state index contributed by atoms with van der Waals surface area (Å²) in [5, 5.41) is 8.68. The average molecular weight is 197 g/mol. The van der Waals surface area contributed by atoms with Gasteiger partial charge in [-0.25, -0.2) is 0 Å². The summed E-state index contributed by atoms with van der Waals surface area (Å²) in [5.74, 6) is 0.789. The molecule has 0 aliphatic carbocycles. The van der Waals surface area contributed by atoms with Crippen LogP contribution in [0.4, 0.5) is 0 Å². The third-order valence-corrected chi connectivity index (χ3v) is 1.80. The largest absolute Gasteiger partial charge is 0.464 e. The summed E-state index contributed by atoms with van der Waals surface area (Å²) in [5.41, 5.74) is 1.58. The number of nitrogens with zero attached hydrogens (tertiary/aromatic N) is 1. The lowest BCUT2D eigenvalue weighted by Crippen LogP contribution is -1.76. The lowest BCUT2D eigenvalue weighted by molar-refractivity contribution is 0.582. The first-order valence-corrected chi connectivity index (χ1v) is 4.44. The molecule has 0 amide bonds. The van der Waals surface area contributed by atoms with Crippen LogP contribution >= 0.6 is 0 Å². The summed E-state index contributed by atoms with van der Waals surface area (Å²) in [6, 6.07) is 13.1. The molecular weight excluding hydrogens is 186 g/mol. The van der Waals surface area contributed by atoms with E-state index in [1.807, 2.05) is 24.3 Å². The zero-order valence-electron chi connectivity index (χ0n) is 8.31. The van der Waals surface area contributed by atoms with E-state index >= 15 is 0 Å². The second kappa shape index (κ2) is 5.46. The normalized spacial score (nSPS) is 8.47. The highest BCUT2D eigenvalue weighted by atomic mass is 16.3. The Morgan fingerprint density at radius 2 is 1.93 bits per heavy atom. The number of furan rings is 1. The van der Waals surface area contributed by atoms with Crippen LogP contribution in [0.2, 0.25) is 0 Å². The molecule has 0 atom stereocenters. The van der Waals surface area contributed by atoms with E-state index in [4.69, 9.17) is 9.68 Å². The van der Waals surface area contributed by atoms with Gasteiger partial charge in [0.1, 0.15) is 5.76 Å². The monoisotopic (exact) mass is 197 g/mol. The van der Waals surface area contributed by atoms with Crippen molar-refractivity contribution in [1.82, 2.24) is 0 Å². The van der Waals surface area contributed by atoms with Crippen molar-refractivity contribution >= 4 is 0 Å². The molecule has 0 unspecified atom stereocenters. The van der Waals surface area contributed by atoms with Crippen LogP contribution in [-0.4, -0.2) is 0 Å². The van der Waals surface area contributed by atoms with E-state index in [9.17, 15) is 0 Å². The van der Waals surface area contributed by atoms with Crippen LogP contribution in [0.15, 0.2) is 60.2 Å². The van der Waals surface area contributed by atoms with E-state index in [1.165, 1.54) is 0 Å². The third kappa shape index (κ3) is 2.58. The highest BCUT2D eigenvalue weighted by Crippen LogP contribution is 2.20. The molecule has 0 saturated heterocycles. The second-order valence-corrected chi connectivity index (χ2v) is 2.67. The van der Waals surface area contributed by atoms with E-state index in [1.54, 1.807) is 18.4 Å². The van der Waals surface area contributed by atoms with Gasteiger partial charge in [-0.1, -0.05) is 12.1 Å². The molecule has 0 N–H and O–H groups in total. The van der Waals surface area contributed by atoms with Crippen molar-refractivity contribution in [3.05, 3.63) is 61.4 Å². The SMILES string of the molecule is C=C.N#Cc1cccc(-c2ccco2)c1. The Morgan fingerprint density at radius 1 is 1.13 bits per heavy atom. The number of hydrogen-bond acceptors (Lipinski definition) is 2. The molecule has 0 spiro atoms. The van der Waals surface area contributed by atoms with E-state index in [-0.39, 0.29) is 0 Å². The molecule has 0 aliphatic rings. The summed E-state index contributed by atoms with van der Waals surface area (Å²) in [6.07, 6.45) is 1.62. The van der Waals surface area contributed by atoms with E-state index in [0.717, 1.165) is 11.3 Å². The lowest BCUT2D eigenvalue weighted by atomic mass is 10.1. The zero-order valence-corrected chi connectivity index (χ0v) is 8.31. The molecule has 15 heavy (non-hydrogen) atoms. The molecule has 2 aromatic rings. The van der Waals surface area contributed by atoms with Crippen molar-refractivity contribution in [2.45, 2.75) is 0 Å². The van der Waals surface area contributed by atoms with Gasteiger partial charge in [0.05, 0.1) is 17.9 Å². The smallest absolute Gasteiger partial charge is 0.133 e. The van der Waals surface area contributed by atoms with Gasteiger partial charge >= 0.3 is 0 Å². The van der Waals surface area contributed by atoms with Crippen LogP contribution in [0.3, 0.4) is 0 Å². The van der Waals surface area contributed by atoms with Crippen LogP contribution < -0.4 is 0 Å². The maximum atomic E-state index is 8.68. The maximum Gasteiger partial charge on any atom is 0.133 e. The standard InChI is InChI=1S/C11H7NO.C2H4/c12-8-9-3-1-4-10(7-9)11-5-2-6-13-11;1-2/h1-7H;1-2H2. The summed E-state index contributed by atoms with van der Waals surface area (Å²) in [4.78, 5) is 0. The molecule has 0 bridgehead atoms. The molecular formula is C13H11NO. The molecule has 2 nitrogen and oxygen atoms in total. The minimum atomic E-state index is 0.647. The minimum Gasteiger partial charge on any atom is -0.464 e. The Hall–Kier alpha value is -2.27. The predicted molar refractivity (Wildman–Crippen MR) is 60.1 cm³/mol. The molecule has 0 fully saturated rings. The molecule has 0 radical (unpaired) electrons. The number of nitriles is 1. The molecule has 1 aromatic carbocycles. The van der Waals surface area contributed by atoms with Gasteiger partial charge in [0, 0.05) is 5.56 Å². The highest BCUT2D eigenvalue weighted by molar-refractivity contribution is 5.59. The fourth-order valence-electron chi connectivity index (χ4n) is 1.18. The molecule has 2 heteroatoms. The van der Waals surface area contributed by atoms with Crippen LogP contribution in [-0.2, 0) is 0 Å². The first-order valence-electron chi connectivity index (χ1n) is 4.44. The second-order valence-electron chi connectivity index (χ2n) is 2.67. The first kappa shape index (κ1) is 10.8. The van der Waals surface area contributed by atoms with Gasteiger partial charge in [-0.3, -0.25) is 0 Å². The fourth-order valence-corrected chi connectivity index (χ4v) is 1.18. The molecule has 74 valence electrons. The van der Waals surface area contributed by atoms with E-state index in [2.05, 4.69) is 19.2 Å². The summed E-state index contributed by atoms with van der Waals surface area (Å²) in [6.45, 7) is 6.00. The van der Waals surface area contributed by atoms with Crippen molar-refractivity contribution in [2.24, 2.45) is 0 Å². The van der Waals surface area contributed by atoms with E-state index < -0.39 is 0 Å². The fraction of sp³-hybridized carbons (Fsp3) is 0. The Labute approximate surface area is 89.1 Å². The average Bonchev–Trinajstić information content (AvgIpc) is 2.85. The molecule has 0 saturated carbocycles. The Kier molecular flexibility index (Phi) is 3.93. The third-order valence-electron chi connectivity index (χ3n) is 1.80. The number of rotatable bonds is 1. The van der Waals surface area contributed by atoms with Crippen LogP contribution in [0.5, 0.6) is 0 Å². The number of benzene rings is 1.